The van der Waals surface area contributed by atoms with Crippen LogP contribution in [0.5, 0.6) is 0 Å². The Labute approximate surface area is 116 Å². The van der Waals surface area contributed by atoms with E-state index in [9.17, 15) is 8.42 Å². The second-order valence-electron chi connectivity index (χ2n) is 4.42. The van der Waals surface area contributed by atoms with Crippen molar-refractivity contribution in [2.24, 2.45) is 9.98 Å². The predicted molar refractivity (Wildman–Crippen MR) is 83.9 cm³/mol. The quantitative estimate of drug-likeness (QED) is 0.532. The van der Waals surface area contributed by atoms with Gasteiger partial charge in [0.25, 0.3) is 0 Å². The molecule has 0 rings (SSSR count). The molecule has 0 aliphatic carbocycles. The van der Waals surface area contributed by atoms with E-state index in [4.69, 9.17) is 0 Å². The summed E-state index contributed by atoms with van der Waals surface area (Å²) in [5.74, 6) is 0. The molecule has 0 radical (unpaired) electrons. The maximum absolute atomic E-state index is 11.3. The summed E-state index contributed by atoms with van der Waals surface area (Å²) >= 11 is 0. The minimum absolute atomic E-state index is 0.0140. The fraction of sp³-hybridized carbons (Fsp3) is 0.429. The topological polar surface area (TPSA) is 58.9 Å². The van der Waals surface area contributed by atoms with Gasteiger partial charge in [-0.25, -0.2) is 8.42 Å². The van der Waals surface area contributed by atoms with Gasteiger partial charge in [0.2, 0.25) is 0 Å². The molecular weight excluding hydrogens is 260 g/mol. The maximum Gasteiger partial charge on any atom is 0.169 e. The molecule has 0 amide bonds. The van der Waals surface area contributed by atoms with E-state index < -0.39 is 9.84 Å². The Balaban J connectivity index is 5.08. The lowest BCUT2D eigenvalue weighted by Gasteiger charge is -2.05. The molecule has 0 aromatic carbocycles. The van der Waals surface area contributed by atoms with Crippen molar-refractivity contribution in [2.45, 2.75) is 26.3 Å². The molecule has 0 aromatic heterocycles. The van der Waals surface area contributed by atoms with Crippen molar-refractivity contribution >= 4 is 22.8 Å². The maximum atomic E-state index is 11.3. The lowest BCUT2D eigenvalue weighted by molar-refractivity contribution is 0.609. The third kappa shape index (κ3) is 10.1. The minimum Gasteiger partial charge on any atom is -0.298 e. The zero-order valence-electron chi connectivity index (χ0n) is 12.0. The van der Waals surface area contributed by atoms with Gasteiger partial charge >= 0.3 is 0 Å². The monoisotopic (exact) mass is 282 g/mol. The van der Waals surface area contributed by atoms with E-state index in [1.807, 2.05) is 26.0 Å². The van der Waals surface area contributed by atoms with Gasteiger partial charge in [0.1, 0.15) is 0 Å². The van der Waals surface area contributed by atoms with Crippen molar-refractivity contribution in [1.29, 1.82) is 0 Å². The van der Waals surface area contributed by atoms with Crippen LogP contribution in [0.2, 0.25) is 0 Å². The summed E-state index contributed by atoms with van der Waals surface area (Å²) in [6.07, 6.45) is 8.91. The fourth-order valence-corrected chi connectivity index (χ4v) is 2.13. The smallest absolute Gasteiger partial charge is 0.169 e. The van der Waals surface area contributed by atoms with Gasteiger partial charge in [-0.1, -0.05) is 18.2 Å². The average Bonchev–Trinajstić information content (AvgIpc) is 2.26. The molecule has 0 fully saturated rings. The van der Waals surface area contributed by atoms with Crippen LogP contribution in [0.1, 0.15) is 20.3 Å². The zero-order chi connectivity index (χ0) is 14.9. The van der Waals surface area contributed by atoms with Crippen molar-refractivity contribution in [3.63, 3.8) is 0 Å². The molecule has 1 atom stereocenters. The Morgan fingerprint density at radius 3 is 2.53 bits per heavy atom. The molecule has 5 heteroatoms. The molecule has 0 aliphatic heterocycles. The molecule has 4 nitrogen and oxygen atoms in total. The molecule has 1 unspecified atom stereocenters. The van der Waals surface area contributed by atoms with Gasteiger partial charge in [-0.2, -0.15) is 0 Å². The largest absolute Gasteiger partial charge is 0.298 e. The van der Waals surface area contributed by atoms with E-state index in [-0.39, 0.29) is 6.04 Å². The predicted octanol–water partition coefficient (Wildman–Crippen LogP) is 2.60. The van der Waals surface area contributed by atoms with Crippen LogP contribution in [-0.4, -0.2) is 40.7 Å². The van der Waals surface area contributed by atoms with Gasteiger partial charge in [-0.05, 0) is 38.1 Å². The standard InChI is InChI=1S/C14H22N2O2S/c1-12(10-15-3)7-6-8-14(9-13(2)16-4)11-19(5,17)18/h6-8,10-11,13H,4,9H2,1-3,5H3/b8-6+,12-7-,14-11+,15-10-. The Morgan fingerprint density at radius 2 is 2.05 bits per heavy atom. The molecule has 0 saturated carbocycles. The van der Waals surface area contributed by atoms with Crippen LogP contribution in [0.25, 0.3) is 0 Å². The van der Waals surface area contributed by atoms with Crippen LogP contribution in [0.3, 0.4) is 0 Å². The molecule has 0 N–H and O–H groups in total. The van der Waals surface area contributed by atoms with Crippen LogP contribution in [-0.2, 0) is 9.84 Å². The number of nitrogens with zero attached hydrogens (tertiary/aromatic N) is 2. The summed E-state index contributed by atoms with van der Waals surface area (Å²) in [7, 11) is -1.46. The van der Waals surface area contributed by atoms with Gasteiger partial charge in [0.05, 0.1) is 6.04 Å². The second-order valence-corrected chi connectivity index (χ2v) is 6.31. The fourth-order valence-electron chi connectivity index (χ4n) is 1.41. The van der Waals surface area contributed by atoms with Crippen molar-refractivity contribution in [1.82, 2.24) is 0 Å². The first-order valence-electron chi connectivity index (χ1n) is 5.92. The first-order valence-corrected chi connectivity index (χ1v) is 7.87. The third-order valence-electron chi connectivity index (χ3n) is 2.21. The van der Waals surface area contributed by atoms with E-state index in [1.54, 1.807) is 19.3 Å². The summed E-state index contributed by atoms with van der Waals surface area (Å²) in [6, 6.07) is -0.0140. The van der Waals surface area contributed by atoms with Crippen LogP contribution >= 0.6 is 0 Å². The summed E-state index contributed by atoms with van der Waals surface area (Å²) < 4.78 is 22.6. The molecule has 19 heavy (non-hydrogen) atoms. The van der Waals surface area contributed by atoms with E-state index in [0.717, 1.165) is 5.57 Å². The highest BCUT2D eigenvalue weighted by molar-refractivity contribution is 7.93. The highest BCUT2D eigenvalue weighted by Crippen LogP contribution is 2.11. The molecular formula is C14H22N2O2S. The van der Waals surface area contributed by atoms with Crippen LogP contribution < -0.4 is 0 Å². The first-order chi connectivity index (χ1) is 8.78. The lowest BCUT2D eigenvalue weighted by atomic mass is 10.1. The molecule has 0 aromatic rings. The van der Waals surface area contributed by atoms with E-state index in [2.05, 4.69) is 16.7 Å². The molecule has 0 bridgehead atoms. The second kappa shape index (κ2) is 8.58. The average molecular weight is 282 g/mol. The van der Waals surface area contributed by atoms with E-state index >= 15 is 0 Å². The molecule has 0 heterocycles. The van der Waals surface area contributed by atoms with Crippen molar-refractivity contribution < 1.29 is 8.42 Å². The van der Waals surface area contributed by atoms with Crippen molar-refractivity contribution in [2.75, 3.05) is 13.3 Å². The number of rotatable bonds is 7. The Kier molecular flexibility index (Phi) is 7.91. The Hall–Kier alpha value is -1.49. The van der Waals surface area contributed by atoms with Gasteiger partial charge < -0.3 is 0 Å². The van der Waals surface area contributed by atoms with Gasteiger partial charge in [0, 0.05) is 24.9 Å². The van der Waals surface area contributed by atoms with Gasteiger partial charge in [-0.15, -0.1) is 0 Å². The minimum atomic E-state index is -3.16. The van der Waals surface area contributed by atoms with Crippen LogP contribution in [0.15, 0.2) is 44.8 Å². The molecule has 0 aliphatic rings. The van der Waals surface area contributed by atoms with Gasteiger partial charge in [-0.3, -0.25) is 9.98 Å². The first kappa shape index (κ1) is 17.5. The highest BCUT2D eigenvalue weighted by atomic mass is 32.2. The Bertz CT molecular complexity index is 512. The zero-order valence-corrected chi connectivity index (χ0v) is 12.8. The van der Waals surface area contributed by atoms with Crippen molar-refractivity contribution in [3.05, 3.63) is 34.8 Å². The third-order valence-corrected chi connectivity index (χ3v) is 2.94. The summed E-state index contributed by atoms with van der Waals surface area (Å²) in [4.78, 5) is 7.77. The highest BCUT2D eigenvalue weighted by Gasteiger charge is 2.04. The van der Waals surface area contributed by atoms with Crippen LogP contribution in [0.4, 0.5) is 0 Å². The lowest BCUT2D eigenvalue weighted by Crippen LogP contribution is -2.00. The molecule has 0 saturated heterocycles. The summed E-state index contributed by atoms with van der Waals surface area (Å²) in [6.45, 7) is 7.28. The van der Waals surface area contributed by atoms with E-state index in [0.29, 0.717) is 12.0 Å². The summed E-state index contributed by atoms with van der Waals surface area (Å²) in [5, 5.41) is 1.27. The normalized spacial score (nSPS) is 16.2. The molecule has 0 spiro atoms. The summed E-state index contributed by atoms with van der Waals surface area (Å²) in [5.41, 5.74) is 1.70. The number of allylic oxidation sites excluding steroid dienone is 4. The SMILES string of the molecule is C=NC(C)CC(=C/S(C)(=O)=O)/C=C/C=C(C)\C=N/C. The Morgan fingerprint density at radius 1 is 1.42 bits per heavy atom. The number of hydrogen-bond acceptors (Lipinski definition) is 4. The van der Waals surface area contributed by atoms with Crippen LogP contribution in [0, 0.1) is 0 Å². The number of sulfone groups is 1. The van der Waals surface area contributed by atoms with Gasteiger partial charge in [0.15, 0.2) is 9.84 Å². The van der Waals surface area contributed by atoms with Crippen molar-refractivity contribution in [3.8, 4) is 0 Å². The molecule has 106 valence electrons. The number of aliphatic imine (C=N–C) groups is 2. The number of hydrogen-bond donors (Lipinski definition) is 0. The van der Waals surface area contributed by atoms with E-state index in [1.165, 1.54) is 11.7 Å².